The number of halogens is 4. The summed E-state index contributed by atoms with van der Waals surface area (Å²) < 4.78 is 99.8. The molecular weight excluding hydrogens is 640 g/mol. The van der Waals surface area contributed by atoms with Crippen LogP contribution in [0.15, 0.2) is 76.6 Å². The predicted octanol–water partition coefficient (Wildman–Crippen LogP) is 7.53. The van der Waals surface area contributed by atoms with E-state index in [1.165, 1.54) is 28.5 Å². The Labute approximate surface area is 289 Å². The first-order chi connectivity index (χ1) is 25.0. The minimum absolute atomic E-state index is 0.0119. The van der Waals surface area contributed by atoms with E-state index >= 15 is 0 Å². The number of hydrogen-bond donors (Lipinski definition) is 0. The first-order valence-corrected chi connectivity index (χ1v) is 16.8. The quantitative estimate of drug-likeness (QED) is 0.0828. The van der Waals surface area contributed by atoms with Gasteiger partial charge >= 0.3 is 6.18 Å². The van der Waals surface area contributed by atoms with Gasteiger partial charge in [0.25, 0.3) is 5.56 Å². The number of aromatic nitrogens is 2. The summed E-state index contributed by atoms with van der Waals surface area (Å²) >= 11 is 1.05. The maximum Gasteiger partial charge on any atom is 0.416 e. The van der Waals surface area contributed by atoms with Crippen molar-refractivity contribution in [2.24, 2.45) is 0 Å². The van der Waals surface area contributed by atoms with Crippen LogP contribution in [0.1, 0.15) is 60.6 Å². The second-order valence-corrected chi connectivity index (χ2v) is 12.5. The Morgan fingerprint density at radius 2 is 1.73 bits per heavy atom. The molecule has 5 rings (SSSR count). The zero-order valence-electron chi connectivity index (χ0n) is 32.0. The van der Waals surface area contributed by atoms with Crippen LogP contribution in [0, 0.1) is 12.7 Å². The molecule has 1 aliphatic rings. The topological polar surface area (TPSA) is 58.4 Å². The highest BCUT2D eigenvalue weighted by Crippen LogP contribution is 2.32. The molecule has 1 aromatic heterocycles. The number of nitrogens with zero attached hydrogens (tertiary/aromatic N) is 4. The van der Waals surface area contributed by atoms with Gasteiger partial charge in [0.2, 0.25) is 5.91 Å². The van der Waals surface area contributed by atoms with Gasteiger partial charge in [-0.3, -0.25) is 9.59 Å². The molecule has 1 amide bonds. The monoisotopic (exact) mass is 685 g/mol. The number of rotatable bonds is 13. The van der Waals surface area contributed by atoms with Crippen molar-refractivity contribution >= 4 is 17.7 Å². The number of hydrogen-bond acceptors (Lipinski definition) is 5. The fourth-order valence-corrected chi connectivity index (χ4v) is 6.45. The van der Waals surface area contributed by atoms with E-state index in [0.717, 1.165) is 36.0 Å². The highest BCUT2D eigenvalue weighted by atomic mass is 32.2. The Morgan fingerprint density at radius 3 is 2.40 bits per heavy atom. The lowest BCUT2D eigenvalue weighted by Gasteiger charge is -2.28. The fourth-order valence-electron chi connectivity index (χ4n) is 5.53. The van der Waals surface area contributed by atoms with Crippen molar-refractivity contribution in [1.29, 1.82) is 0 Å². The molecule has 0 atom stereocenters. The van der Waals surface area contributed by atoms with E-state index in [1.807, 2.05) is 18.7 Å². The average molecular weight is 686 g/mol. The highest BCUT2D eigenvalue weighted by Gasteiger charge is 2.30. The summed E-state index contributed by atoms with van der Waals surface area (Å²) in [4.78, 5) is 35.2. The van der Waals surface area contributed by atoms with Gasteiger partial charge in [-0.15, -0.1) is 0 Å². The summed E-state index contributed by atoms with van der Waals surface area (Å²) in [7, 11) is 0. The minimum Gasteiger partial charge on any atom is -0.336 e. The Morgan fingerprint density at radius 1 is 1.02 bits per heavy atom. The van der Waals surface area contributed by atoms with E-state index < -0.39 is 41.6 Å². The van der Waals surface area contributed by atoms with Crippen LogP contribution in [0.3, 0.4) is 0 Å². The molecule has 0 bridgehead atoms. The SMILES string of the molecule is [2H]c1c([2H])c(-c2ccc(C(F)(F)F)cc2)c([2H])c(C)c1CN(CCN(CC)CC)C(=O)C([2H])([2H])n1c(SCc2ccc(F)cc2)nc(=O)c2c1CCC2. The molecule has 0 saturated carbocycles. The van der Waals surface area contributed by atoms with Gasteiger partial charge in [0.15, 0.2) is 5.16 Å². The molecule has 6 nitrogen and oxygen atoms in total. The largest absolute Gasteiger partial charge is 0.416 e. The third kappa shape index (κ3) is 8.54. The second-order valence-electron chi connectivity index (χ2n) is 11.5. The third-order valence-electron chi connectivity index (χ3n) is 8.42. The van der Waals surface area contributed by atoms with E-state index in [9.17, 15) is 29.9 Å². The van der Waals surface area contributed by atoms with Crippen LogP contribution in [0.2, 0.25) is 0 Å². The van der Waals surface area contributed by atoms with Crippen molar-refractivity contribution in [3.8, 4) is 11.1 Å². The number of alkyl halides is 3. The Balaban J connectivity index is 1.56. The number of carbonyl (C=O) groups excluding carboxylic acids is 1. The van der Waals surface area contributed by atoms with Crippen LogP contribution in [0.5, 0.6) is 0 Å². The smallest absolute Gasteiger partial charge is 0.336 e. The molecule has 0 unspecified atom stereocenters. The number of benzene rings is 3. The van der Waals surface area contributed by atoms with Crippen LogP contribution in [-0.2, 0) is 42.6 Å². The van der Waals surface area contributed by atoms with Crippen molar-refractivity contribution < 1.29 is 29.2 Å². The molecule has 11 heteroatoms. The van der Waals surface area contributed by atoms with Gasteiger partial charge in [-0.1, -0.05) is 68.0 Å². The first kappa shape index (κ1) is 29.0. The van der Waals surface area contributed by atoms with Gasteiger partial charge < -0.3 is 14.4 Å². The van der Waals surface area contributed by atoms with Crippen molar-refractivity contribution in [3.63, 3.8) is 0 Å². The summed E-state index contributed by atoms with van der Waals surface area (Å²) in [6.45, 7) is 3.98. The van der Waals surface area contributed by atoms with Crippen LogP contribution in [0.25, 0.3) is 11.1 Å². The molecule has 0 aliphatic heterocycles. The molecule has 1 heterocycles. The second kappa shape index (κ2) is 15.5. The van der Waals surface area contributed by atoms with E-state index in [0.29, 0.717) is 55.7 Å². The first-order valence-electron chi connectivity index (χ1n) is 18.3. The van der Waals surface area contributed by atoms with Crippen molar-refractivity contribution in [1.82, 2.24) is 19.4 Å². The maximum atomic E-state index is 14.6. The molecule has 254 valence electrons. The van der Waals surface area contributed by atoms with Crippen LogP contribution in [0.4, 0.5) is 17.6 Å². The minimum atomic E-state index is -4.58. The normalized spacial score (nSPS) is 14.6. The van der Waals surface area contributed by atoms with E-state index in [4.69, 9.17) is 4.11 Å². The molecule has 0 fully saturated rings. The highest BCUT2D eigenvalue weighted by molar-refractivity contribution is 7.98. The molecule has 48 heavy (non-hydrogen) atoms. The zero-order chi connectivity index (χ0) is 38.8. The lowest BCUT2D eigenvalue weighted by molar-refractivity contribution is -0.137. The number of amides is 1. The summed E-state index contributed by atoms with van der Waals surface area (Å²) in [5.74, 6) is -1.18. The Kier molecular flexibility index (Phi) is 9.37. The van der Waals surface area contributed by atoms with Crippen molar-refractivity contribution in [3.05, 3.63) is 116 Å². The van der Waals surface area contributed by atoms with E-state index in [-0.39, 0.29) is 58.3 Å². The number of likely N-dealkylation sites (N-methyl/N-ethyl adjacent to an activating group) is 1. The number of fused-ring (bicyclic) bond motifs is 1. The summed E-state index contributed by atoms with van der Waals surface area (Å²) in [6.07, 6.45) is -3.29. The Bertz CT molecular complexity index is 2010. The number of carbonyl (C=O) groups is 1. The van der Waals surface area contributed by atoms with Gasteiger partial charge in [0, 0.05) is 36.6 Å². The van der Waals surface area contributed by atoms with Crippen LogP contribution >= 0.6 is 11.8 Å². The molecular formula is C37H40F4N4O2S. The van der Waals surface area contributed by atoms with Crippen molar-refractivity contribution in [2.45, 2.75) is 70.2 Å². The van der Waals surface area contributed by atoms with E-state index in [1.54, 1.807) is 12.1 Å². The molecule has 3 aromatic carbocycles. The van der Waals surface area contributed by atoms with Crippen LogP contribution in [-0.4, -0.2) is 51.4 Å². The van der Waals surface area contributed by atoms with Gasteiger partial charge in [0.05, 0.1) is 12.4 Å². The predicted molar refractivity (Wildman–Crippen MR) is 181 cm³/mol. The third-order valence-corrected chi connectivity index (χ3v) is 9.42. The van der Waals surface area contributed by atoms with Gasteiger partial charge in [-0.25, -0.2) is 4.39 Å². The fraction of sp³-hybridized carbons (Fsp3) is 0.378. The molecule has 0 spiro atoms. The zero-order valence-corrected chi connectivity index (χ0v) is 27.8. The lowest BCUT2D eigenvalue weighted by atomic mass is 9.98. The average Bonchev–Trinajstić information content (AvgIpc) is 3.62. The van der Waals surface area contributed by atoms with Crippen molar-refractivity contribution in [2.75, 3.05) is 26.2 Å². The Hall–Kier alpha value is -3.96. The van der Waals surface area contributed by atoms with Gasteiger partial charge in [0.1, 0.15) is 12.3 Å². The van der Waals surface area contributed by atoms with Gasteiger partial charge in [-0.05, 0) is 91.4 Å². The van der Waals surface area contributed by atoms with Gasteiger partial charge in [-0.2, -0.15) is 18.2 Å². The number of thioether (sulfide) groups is 1. The molecule has 0 radical (unpaired) electrons. The molecule has 4 aromatic rings. The summed E-state index contributed by atoms with van der Waals surface area (Å²) in [6, 6.07) is 8.80. The standard InChI is InChI=1S/C37H40F4N4O2S/c1-4-43(5-2)19-20-44(22-29-12-11-28(21-25(29)3)27-13-15-30(16-14-27)37(39,40)41)34(46)23-45-33-8-6-7-32(33)35(47)42-36(45)48-24-26-9-17-31(38)18-10-26/h9-18,21H,4-8,19-20,22-24H2,1-3H3/i11D,12D,21D,23D2. The molecule has 0 saturated heterocycles. The summed E-state index contributed by atoms with van der Waals surface area (Å²) in [5.41, 5.74) is 0.503. The lowest BCUT2D eigenvalue weighted by Crippen LogP contribution is -2.40. The molecule has 1 aliphatic carbocycles. The summed E-state index contributed by atoms with van der Waals surface area (Å²) in [5, 5.41) is -0.0119. The van der Waals surface area contributed by atoms with E-state index in [2.05, 4.69) is 4.98 Å². The van der Waals surface area contributed by atoms with Crippen LogP contribution < -0.4 is 5.56 Å². The maximum absolute atomic E-state index is 14.6. The molecule has 0 N–H and O–H groups in total.